The average Bonchev–Trinajstić information content (AvgIpc) is 2.37. The Balaban J connectivity index is 2.16. The van der Waals surface area contributed by atoms with Crippen molar-refractivity contribution in [2.45, 2.75) is 6.92 Å². The van der Waals surface area contributed by atoms with E-state index in [-0.39, 0.29) is 5.69 Å². The van der Waals surface area contributed by atoms with E-state index in [9.17, 15) is 10.1 Å². The van der Waals surface area contributed by atoms with Crippen LogP contribution in [0.1, 0.15) is 11.1 Å². The van der Waals surface area contributed by atoms with Crippen LogP contribution < -0.4 is 0 Å². The van der Waals surface area contributed by atoms with Gasteiger partial charge in [-0.2, -0.15) is 0 Å². The zero-order valence-corrected chi connectivity index (χ0v) is 9.78. The summed E-state index contributed by atoms with van der Waals surface area (Å²) in [5, 5.41) is 10.5. The predicted molar refractivity (Wildman–Crippen MR) is 69.3 cm³/mol. The first-order valence-corrected chi connectivity index (χ1v) is 5.36. The van der Waals surface area contributed by atoms with Gasteiger partial charge in [0.2, 0.25) is 0 Å². The molecular formula is C13H11N3O2. The molecule has 0 aliphatic heterocycles. The van der Waals surface area contributed by atoms with Gasteiger partial charge in [0.15, 0.2) is 5.82 Å². The zero-order valence-electron chi connectivity index (χ0n) is 9.78. The van der Waals surface area contributed by atoms with Crippen LogP contribution >= 0.6 is 0 Å². The molecule has 0 spiro atoms. The summed E-state index contributed by atoms with van der Waals surface area (Å²) in [6.45, 7) is 1.96. The van der Waals surface area contributed by atoms with Gasteiger partial charge in [-0.15, -0.1) is 0 Å². The summed E-state index contributed by atoms with van der Waals surface area (Å²) in [5.74, 6) is 0.619. The highest BCUT2D eigenvalue weighted by Crippen LogP contribution is 2.12. The molecule has 0 unspecified atom stereocenters. The van der Waals surface area contributed by atoms with Crippen LogP contribution in [0.4, 0.5) is 11.5 Å². The van der Waals surface area contributed by atoms with Crippen LogP contribution in [0, 0.1) is 17.0 Å². The van der Waals surface area contributed by atoms with Crippen LogP contribution in [0.3, 0.4) is 0 Å². The summed E-state index contributed by atoms with van der Waals surface area (Å²) in [6, 6.07) is 9.96. The highest BCUT2D eigenvalue weighted by atomic mass is 16.6. The number of aryl methyl sites for hydroxylation is 1. The highest BCUT2D eigenvalue weighted by molar-refractivity contribution is 5.81. The van der Waals surface area contributed by atoms with Crippen LogP contribution in [0.15, 0.2) is 47.6 Å². The Morgan fingerprint density at radius 1 is 1.28 bits per heavy atom. The number of non-ortho nitro benzene ring substituents is 1. The number of nitro groups is 1. The molecule has 0 saturated heterocycles. The lowest BCUT2D eigenvalue weighted by Gasteiger charge is -1.95. The van der Waals surface area contributed by atoms with E-state index < -0.39 is 4.92 Å². The Labute approximate surface area is 104 Å². The Morgan fingerprint density at radius 2 is 2.00 bits per heavy atom. The molecule has 1 aromatic heterocycles. The number of rotatable bonds is 3. The molecule has 1 heterocycles. The SMILES string of the molecule is Cc1ccnc(N=Cc2ccc([N+](=O)[O-])cc2)c1. The van der Waals surface area contributed by atoms with E-state index in [4.69, 9.17) is 0 Å². The number of pyridine rings is 1. The topological polar surface area (TPSA) is 68.4 Å². The van der Waals surface area contributed by atoms with Crippen molar-refractivity contribution in [3.05, 3.63) is 63.8 Å². The van der Waals surface area contributed by atoms with Gasteiger partial charge in [-0.05, 0) is 42.3 Å². The quantitative estimate of drug-likeness (QED) is 0.471. The molecule has 0 radical (unpaired) electrons. The maximum atomic E-state index is 10.5. The Hall–Kier alpha value is -2.56. The standard InChI is InChI=1S/C13H11N3O2/c1-10-6-7-14-13(8-10)15-9-11-2-4-12(5-3-11)16(17)18/h2-9H,1H3. The average molecular weight is 241 g/mol. The van der Waals surface area contributed by atoms with E-state index in [0.29, 0.717) is 5.82 Å². The molecule has 0 aliphatic carbocycles. The van der Waals surface area contributed by atoms with Gasteiger partial charge in [-0.1, -0.05) is 0 Å². The first-order valence-electron chi connectivity index (χ1n) is 5.36. The highest BCUT2D eigenvalue weighted by Gasteiger charge is 2.02. The minimum absolute atomic E-state index is 0.0702. The summed E-state index contributed by atoms with van der Waals surface area (Å²) in [4.78, 5) is 18.4. The maximum Gasteiger partial charge on any atom is 0.269 e. The van der Waals surface area contributed by atoms with Crippen LogP contribution in [-0.4, -0.2) is 16.1 Å². The van der Waals surface area contributed by atoms with Crippen molar-refractivity contribution in [1.82, 2.24) is 4.98 Å². The van der Waals surface area contributed by atoms with E-state index in [0.717, 1.165) is 11.1 Å². The number of nitrogens with zero attached hydrogens (tertiary/aromatic N) is 3. The van der Waals surface area contributed by atoms with E-state index in [1.807, 2.05) is 19.1 Å². The minimum Gasteiger partial charge on any atom is -0.258 e. The fraction of sp³-hybridized carbons (Fsp3) is 0.0769. The molecule has 5 heteroatoms. The van der Waals surface area contributed by atoms with Crippen LogP contribution in [0.25, 0.3) is 0 Å². The molecule has 0 fully saturated rings. The third-order valence-corrected chi connectivity index (χ3v) is 2.35. The van der Waals surface area contributed by atoms with Crippen molar-refractivity contribution in [2.24, 2.45) is 4.99 Å². The number of nitro benzene ring substituents is 1. The number of hydrogen-bond acceptors (Lipinski definition) is 4. The van der Waals surface area contributed by atoms with E-state index in [1.54, 1.807) is 24.5 Å². The lowest BCUT2D eigenvalue weighted by molar-refractivity contribution is -0.384. The molecule has 0 atom stereocenters. The minimum atomic E-state index is -0.428. The Kier molecular flexibility index (Phi) is 3.43. The lowest BCUT2D eigenvalue weighted by Crippen LogP contribution is -1.88. The molecule has 0 saturated carbocycles. The van der Waals surface area contributed by atoms with Gasteiger partial charge >= 0.3 is 0 Å². The predicted octanol–water partition coefficient (Wildman–Crippen LogP) is 3.05. The first-order chi connectivity index (χ1) is 8.65. The third kappa shape index (κ3) is 2.98. The van der Waals surface area contributed by atoms with Gasteiger partial charge in [0.25, 0.3) is 5.69 Å². The van der Waals surface area contributed by atoms with Gasteiger partial charge in [0.1, 0.15) is 0 Å². The largest absolute Gasteiger partial charge is 0.269 e. The third-order valence-electron chi connectivity index (χ3n) is 2.35. The molecule has 0 bridgehead atoms. The first kappa shape index (κ1) is 11.9. The van der Waals surface area contributed by atoms with E-state index in [2.05, 4.69) is 9.98 Å². The Bertz CT molecular complexity index is 591. The fourth-order valence-electron chi connectivity index (χ4n) is 1.41. The van der Waals surface area contributed by atoms with E-state index >= 15 is 0 Å². The fourth-order valence-corrected chi connectivity index (χ4v) is 1.41. The normalized spacial score (nSPS) is 10.7. The molecule has 0 aliphatic rings. The van der Waals surface area contributed by atoms with Crippen molar-refractivity contribution in [1.29, 1.82) is 0 Å². The number of aromatic nitrogens is 1. The van der Waals surface area contributed by atoms with Crippen molar-refractivity contribution >= 4 is 17.7 Å². The van der Waals surface area contributed by atoms with Gasteiger partial charge in [-0.3, -0.25) is 10.1 Å². The lowest BCUT2D eigenvalue weighted by atomic mass is 10.2. The summed E-state index contributed by atoms with van der Waals surface area (Å²) in [5.41, 5.74) is 1.95. The molecule has 18 heavy (non-hydrogen) atoms. The Morgan fingerprint density at radius 3 is 2.61 bits per heavy atom. The van der Waals surface area contributed by atoms with Gasteiger partial charge in [0, 0.05) is 24.5 Å². The summed E-state index contributed by atoms with van der Waals surface area (Å²) in [6.07, 6.45) is 3.32. The van der Waals surface area contributed by atoms with Crippen molar-refractivity contribution in [3.8, 4) is 0 Å². The van der Waals surface area contributed by atoms with Crippen molar-refractivity contribution in [2.75, 3.05) is 0 Å². The van der Waals surface area contributed by atoms with Gasteiger partial charge in [0.05, 0.1) is 4.92 Å². The molecule has 5 nitrogen and oxygen atoms in total. The molecule has 2 aromatic rings. The molecule has 0 N–H and O–H groups in total. The summed E-state index contributed by atoms with van der Waals surface area (Å²) >= 11 is 0. The monoisotopic (exact) mass is 241 g/mol. The second-order valence-corrected chi connectivity index (χ2v) is 3.80. The number of aliphatic imine (C=N–C) groups is 1. The molecule has 1 aromatic carbocycles. The van der Waals surface area contributed by atoms with E-state index in [1.165, 1.54) is 12.1 Å². The summed E-state index contributed by atoms with van der Waals surface area (Å²) in [7, 11) is 0. The second kappa shape index (κ2) is 5.18. The number of hydrogen-bond donors (Lipinski definition) is 0. The van der Waals surface area contributed by atoms with Crippen molar-refractivity contribution in [3.63, 3.8) is 0 Å². The van der Waals surface area contributed by atoms with Gasteiger partial charge in [-0.25, -0.2) is 9.98 Å². The molecule has 0 amide bonds. The zero-order chi connectivity index (χ0) is 13.0. The van der Waals surface area contributed by atoms with Gasteiger partial charge < -0.3 is 0 Å². The van der Waals surface area contributed by atoms with Crippen LogP contribution in [0.2, 0.25) is 0 Å². The van der Waals surface area contributed by atoms with Crippen molar-refractivity contribution < 1.29 is 4.92 Å². The molecule has 90 valence electrons. The smallest absolute Gasteiger partial charge is 0.258 e. The number of benzene rings is 1. The molecule has 2 rings (SSSR count). The maximum absolute atomic E-state index is 10.5. The van der Waals surface area contributed by atoms with Crippen LogP contribution in [-0.2, 0) is 0 Å². The second-order valence-electron chi connectivity index (χ2n) is 3.80. The summed E-state index contributed by atoms with van der Waals surface area (Å²) < 4.78 is 0. The molecular weight excluding hydrogens is 230 g/mol. The van der Waals surface area contributed by atoms with Crippen LogP contribution in [0.5, 0.6) is 0 Å².